The molecule has 0 spiro atoms. The van der Waals surface area contributed by atoms with E-state index in [-0.39, 0.29) is 6.54 Å². The van der Waals surface area contributed by atoms with Gasteiger partial charge in [-0.3, -0.25) is 9.78 Å². The number of rotatable bonds is 4. The summed E-state index contributed by atoms with van der Waals surface area (Å²) in [5, 5.41) is 8.74. The highest BCUT2D eigenvalue weighted by Gasteiger charge is 2.15. The number of aromatic nitrogens is 1. The van der Waals surface area contributed by atoms with Crippen LogP contribution in [0.15, 0.2) is 24.5 Å². The van der Waals surface area contributed by atoms with E-state index in [1.165, 1.54) is 0 Å². The highest BCUT2D eigenvalue weighted by Crippen LogP contribution is 2.06. The maximum atomic E-state index is 10.6. The SMILES string of the molecule is NCC(Cc1ccncc1)C(=O)O. The van der Waals surface area contributed by atoms with Gasteiger partial charge in [0.05, 0.1) is 5.92 Å². The summed E-state index contributed by atoms with van der Waals surface area (Å²) in [7, 11) is 0. The minimum Gasteiger partial charge on any atom is -0.481 e. The Hall–Kier alpha value is -1.42. The third kappa shape index (κ3) is 2.83. The first kappa shape index (κ1) is 9.67. The Morgan fingerprint density at radius 2 is 2.15 bits per heavy atom. The van der Waals surface area contributed by atoms with Crippen molar-refractivity contribution in [3.63, 3.8) is 0 Å². The molecule has 0 bridgehead atoms. The average Bonchev–Trinajstić information content (AvgIpc) is 2.15. The predicted octanol–water partition coefficient (Wildman–Crippen LogP) is 0.284. The molecular weight excluding hydrogens is 168 g/mol. The molecule has 0 amide bonds. The molecule has 1 aromatic heterocycles. The lowest BCUT2D eigenvalue weighted by Crippen LogP contribution is -2.25. The quantitative estimate of drug-likeness (QED) is 0.698. The van der Waals surface area contributed by atoms with Crippen molar-refractivity contribution in [2.24, 2.45) is 11.7 Å². The van der Waals surface area contributed by atoms with Crippen molar-refractivity contribution in [2.45, 2.75) is 6.42 Å². The molecule has 0 saturated heterocycles. The van der Waals surface area contributed by atoms with Gasteiger partial charge in [-0.15, -0.1) is 0 Å². The van der Waals surface area contributed by atoms with Gasteiger partial charge in [-0.1, -0.05) is 0 Å². The minimum atomic E-state index is -0.848. The number of hydrogen-bond acceptors (Lipinski definition) is 3. The van der Waals surface area contributed by atoms with Crippen molar-refractivity contribution >= 4 is 5.97 Å². The molecule has 1 aromatic rings. The second-order valence-electron chi connectivity index (χ2n) is 2.83. The van der Waals surface area contributed by atoms with Crippen molar-refractivity contribution in [3.8, 4) is 0 Å². The van der Waals surface area contributed by atoms with Crippen LogP contribution < -0.4 is 5.73 Å². The van der Waals surface area contributed by atoms with Crippen LogP contribution in [0.25, 0.3) is 0 Å². The van der Waals surface area contributed by atoms with Gasteiger partial charge in [0.2, 0.25) is 0 Å². The highest BCUT2D eigenvalue weighted by atomic mass is 16.4. The second kappa shape index (κ2) is 4.57. The third-order valence-corrected chi connectivity index (χ3v) is 1.87. The van der Waals surface area contributed by atoms with Gasteiger partial charge in [0.1, 0.15) is 0 Å². The zero-order chi connectivity index (χ0) is 9.68. The van der Waals surface area contributed by atoms with Crippen LogP contribution in [0.3, 0.4) is 0 Å². The lowest BCUT2D eigenvalue weighted by atomic mass is 10.0. The van der Waals surface area contributed by atoms with Crippen LogP contribution in [-0.2, 0) is 11.2 Å². The largest absolute Gasteiger partial charge is 0.481 e. The summed E-state index contributed by atoms with van der Waals surface area (Å²) in [6, 6.07) is 3.59. The van der Waals surface area contributed by atoms with E-state index in [0.29, 0.717) is 6.42 Å². The normalized spacial score (nSPS) is 12.4. The van der Waals surface area contributed by atoms with Gasteiger partial charge >= 0.3 is 5.97 Å². The molecule has 4 heteroatoms. The summed E-state index contributed by atoms with van der Waals surface area (Å²) in [6.45, 7) is 0.164. The molecule has 70 valence electrons. The van der Waals surface area contributed by atoms with Crippen LogP contribution in [0.1, 0.15) is 5.56 Å². The summed E-state index contributed by atoms with van der Waals surface area (Å²) in [4.78, 5) is 14.5. The van der Waals surface area contributed by atoms with Crippen LogP contribution in [0.2, 0.25) is 0 Å². The van der Waals surface area contributed by atoms with Crippen LogP contribution >= 0.6 is 0 Å². The van der Waals surface area contributed by atoms with Gasteiger partial charge in [-0.2, -0.15) is 0 Å². The van der Waals surface area contributed by atoms with Crippen LogP contribution in [0.4, 0.5) is 0 Å². The highest BCUT2D eigenvalue weighted by molar-refractivity contribution is 5.70. The van der Waals surface area contributed by atoms with E-state index < -0.39 is 11.9 Å². The summed E-state index contributed by atoms with van der Waals surface area (Å²) in [5.74, 6) is -1.35. The van der Waals surface area contributed by atoms with Crippen LogP contribution in [-0.4, -0.2) is 22.6 Å². The number of nitrogens with two attached hydrogens (primary N) is 1. The van der Waals surface area contributed by atoms with Gasteiger partial charge in [0, 0.05) is 18.9 Å². The molecule has 13 heavy (non-hydrogen) atoms. The Kier molecular flexibility index (Phi) is 3.40. The molecule has 1 atom stereocenters. The van der Waals surface area contributed by atoms with E-state index in [2.05, 4.69) is 4.98 Å². The first-order chi connectivity index (χ1) is 6.24. The maximum Gasteiger partial charge on any atom is 0.308 e. The van der Waals surface area contributed by atoms with E-state index >= 15 is 0 Å². The Bertz CT molecular complexity index is 274. The molecule has 0 aliphatic carbocycles. The Morgan fingerprint density at radius 1 is 1.54 bits per heavy atom. The van der Waals surface area contributed by atoms with Gasteiger partial charge in [-0.25, -0.2) is 0 Å². The molecule has 3 N–H and O–H groups in total. The van der Waals surface area contributed by atoms with Gasteiger partial charge in [-0.05, 0) is 24.1 Å². The van der Waals surface area contributed by atoms with Crippen molar-refractivity contribution in [3.05, 3.63) is 30.1 Å². The van der Waals surface area contributed by atoms with Gasteiger partial charge in [0.25, 0.3) is 0 Å². The van der Waals surface area contributed by atoms with Gasteiger partial charge in [0.15, 0.2) is 0 Å². The number of aliphatic carboxylic acids is 1. The van der Waals surface area contributed by atoms with E-state index in [0.717, 1.165) is 5.56 Å². The monoisotopic (exact) mass is 180 g/mol. The fraction of sp³-hybridized carbons (Fsp3) is 0.333. The number of nitrogens with zero attached hydrogens (tertiary/aromatic N) is 1. The molecule has 4 nitrogen and oxygen atoms in total. The number of carboxylic acids is 1. The molecule has 0 saturated carbocycles. The number of carboxylic acid groups (broad SMARTS) is 1. The summed E-state index contributed by atoms with van der Waals surface area (Å²) in [5.41, 5.74) is 6.28. The smallest absolute Gasteiger partial charge is 0.308 e. The van der Waals surface area contributed by atoms with Crippen molar-refractivity contribution < 1.29 is 9.90 Å². The molecular formula is C9H12N2O2. The molecule has 0 aromatic carbocycles. The molecule has 1 heterocycles. The summed E-state index contributed by atoms with van der Waals surface area (Å²) < 4.78 is 0. The van der Waals surface area contributed by atoms with Crippen molar-refractivity contribution in [2.75, 3.05) is 6.54 Å². The zero-order valence-electron chi connectivity index (χ0n) is 7.18. The number of carbonyl (C=O) groups is 1. The fourth-order valence-electron chi connectivity index (χ4n) is 1.07. The Morgan fingerprint density at radius 3 is 2.62 bits per heavy atom. The Labute approximate surface area is 76.4 Å². The van der Waals surface area contributed by atoms with E-state index in [9.17, 15) is 4.79 Å². The molecule has 1 unspecified atom stereocenters. The average molecular weight is 180 g/mol. The van der Waals surface area contributed by atoms with Crippen molar-refractivity contribution in [1.82, 2.24) is 4.98 Å². The van der Waals surface area contributed by atoms with E-state index in [1.807, 2.05) is 0 Å². The molecule has 0 aliphatic rings. The molecule has 0 fully saturated rings. The van der Waals surface area contributed by atoms with E-state index in [4.69, 9.17) is 10.8 Å². The van der Waals surface area contributed by atoms with E-state index in [1.54, 1.807) is 24.5 Å². The molecule has 0 aliphatic heterocycles. The lowest BCUT2D eigenvalue weighted by molar-refractivity contribution is -0.141. The standard InChI is InChI=1S/C9H12N2O2/c10-6-8(9(12)13)5-7-1-3-11-4-2-7/h1-4,8H,5-6,10H2,(H,12,13). The fourth-order valence-corrected chi connectivity index (χ4v) is 1.07. The van der Waals surface area contributed by atoms with Gasteiger partial charge < -0.3 is 10.8 Å². The number of hydrogen-bond donors (Lipinski definition) is 2. The minimum absolute atomic E-state index is 0.164. The zero-order valence-corrected chi connectivity index (χ0v) is 7.18. The number of pyridine rings is 1. The van der Waals surface area contributed by atoms with Crippen molar-refractivity contribution in [1.29, 1.82) is 0 Å². The Balaban J connectivity index is 2.62. The summed E-state index contributed by atoms with van der Waals surface area (Å²) >= 11 is 0. The first-order valence-electron chi connectivity index (χ1n) is 4.06. The summed E-state index contributed by atoms with van der Waals surface area (Å²) in [6.07, 6.45) is 3.75. The first-order valence-corrected chi connectivity index (χ1v) is 4.06. The third-order valence-electron chi connectivity index (χ3n) is 1.87. The second-order valence-corrected chi connectivity index (χ2v) is 2.83. The lowest BCUT2D eigenvalue weighted by Gasteiger charge is -2.08. The molecule has 0 radical (unpaired) electrons. The van der Waals surface area contributed by atoms with Crippen LogP contribution in [0.5, 0.6) is 0 Å². The predicted molar refractivity (Wildman–Crippen MR) is 48.1 cm³/mol. The topological polar surface area (TPSA) is 76.2 Å². The molecule has 1 rings (SSSR count). The maximum absolute atomic E-state index is 10.6. The van der Waals surface area contributed by atoms with Crippen LogP contribution in [0, 0.1) is 5.92 Å².